The number of piperazine rings is 1. The molecule has 1 aliphatic heterocycles. The maximum Gasteiger partial charge on any atom is 0.233 e. The van der Waals surface area contributed by atoms with Crippen LogP contribution in [0.4, 0.5) is 4.39 Å². The van der Waals surface area contributed by atoms with Gasteiger partial charge in [-0.25, -0.2) is 4.39 Å². The fourth-order valence-electron chi connectivity index (χ4n) is 3.84. The lowest BCUT2D eigenvalue weighted by atomic mass is 10.1. The van der Waals surface area contributed by atoms with Crippen LogP contribution in [0.1, 0.15) is 16.7 Å². The van der Waals surface area contributed by atoms with E-state index in [0.717, 1.165) is 11.3 Å². The first-order valence-corrected chi connectivity index (χ1v) is 11.8. The average Bonchev–Trinajstić information content (AvgIpc) is 3.23. The van der Waals surface area contributed by atoms with Crippen LogP contribution < -0.4 is 0 Å². The van der Waals surface area contributed by atoms with Crippen molar-refractivity contribution in [1.82, 2.24) is 24.6 Å². The Bertz CT molecular complexity index is 1090. The minimum Gasteiger partial charge on any atom is -0.339 e. The maximum atomic E-state index is 14.1. The molecule has 1 fully saturated rings. The molecule has 3 aromatic rings. The van der Waals surface area contributed by atoms with Gasteiger partial charge in [-0.2, -0.15) is 0 Å². The third-order valence-electron chi connectivity index (χ3n) is 5.62. The van der Waals surface area contributed by atoms with Crippen molar-refractivity contribution in [2.45, 2.75) is 25.5 Å². The second-order valence-corrected chi connectivity index (χ2v) is 9.27. The lowest BCUT2D eigenvalue weighted by Gasteiger charge is -2.34. The molecule has 0 aliphatic carbocycles. The molecule has 9 heteroatoms. The van der Waals surface area contributed by atoms with Crippen molar-refractivity contribution < 1.29 is 9.18 Å². The Morgan fingerprint density at radius 3 is 2.66 bits per heavy atom. The Morgan fingerprint density at radius 1 is 1.16 bits per heavy atom. The van der Waals surface area contributed by atoms with Gasteiger partial charge in [0.25, 0.3) is 0 Å². The predicted octanol–water partition coefficient (Wildman–Crippen LogP) is 4.11. The third-order valence-corrected chi connectivity index (χ3v) is 6.90. The average molecular weight is 474 g/mol. The van der Waals surface area contributed by atoms with Gasteiger partial charge < -0.3 is 4.90 Å². The van der Waals surface area contributed by atoms with Crippen LogP contribution in [-0.4, -0.2) is 62.4 Å². The number of nitrogens with zero attached hydrogens (tertiary/aromatic N) is 5. The van der Waals surface area contributed by atoms with Crippen LogP contribution in [0, 0.1) is 19.7 Å². The first-order chi connectivity index (χ1) is 15.4. The van der Waals surface area contributed by atoms with Crippen molar-refractivity contribution in [3.05, 3.63) is 70.3 Å². The van der Waals surface area contributed by atoms with E-state index in [2.05, 4.69) is 41.1 Å². The quantitative estimate of drug-likeness (QED) is 0.504. The fraction of sp³-hybridized carbons (Fsp3) is 0.348. The highest BCUT2D eigenvalue weighted by Gasteiger charge is 2.23. The fourth-order valence-corrected chi connectivity index (χ4v) is 4.89. The second kappa shape index (κ2) is 10.0. The van der Waals surface area contributed by atoms with Crippen molar-refractivity contribution in [3.8, 4) is 5.69 Å². The van der Waals surface area contributed by atoms with E-state index < -0.39 is 0 Å². The van der Waals surface area contributed by atoms with Crippen LogP contribution in [0.25, 0.3) is 5.69 Å². The normalized spacial score (nSPS) is 14.7. The largest absolute Gasteiger partial charge is 0.339 e. The maximum absolute atomic E-state index is 14.1. The van der Waals surface area contributed by atoms with Gasteiger partial charge >= 0.3 is 0 Å². The molecule has 0 spiro atoms. The number of aryl methyl sites for hydroxylation is 2. The molecule has 0 radical (unpaired) electrons. The molecule has 6 nitrogen and oxygen atoms in total. The van der Waals surface area contributed by atoms with Crippen molar-refractivity contribution in [3.63, 3.8) is 0 Å². The highest BCUT2D eigenvalue weighted by molar-refractivity contribution is 7.99. The lowest BCUT2D eigenvalue weighted by Crippen LogP contribution is -2.48. The number of thioether (sulfide) groups is 1. The summed E-state index contributed by atoms with van der Waals surface area (Å²) < 4.78 is 16.0. The summed E-state index contributed by atoms with van der Waals surface area (Å²) in [6, 6.07) is 10.9. The number of hydrogen-bond donors (Lipinski definition) is 0. The summed E-state index contributed by atoms with van der Waals surface area (Å²) in [6.07, 6.45) is 1.68. The summed E-state index contributed by atoms with van der Waals surface area (Å²) in [5.74, 6) is 0.0667. The standard InChI is InChI=1S/C23H25ClFN5OS/c1-16-6-7-21(17(2)12-16)30-15-26-27-23(30)32-14-22(31)29-10-8-28(9-11-29)13-18-19(24)4-3-5-20(18)25/h3-7,12,15H,8-11,13-14H2,1-2H3. The number of amides is 1. The summed E-state index contributed by atoms with van der Waals surface area (Å²) in [5.41, 5.74) is 3.84. The highest BCUT2D eigenvalue weighted by Crippen LogP contribution is 2.24. The zero-order chi connectivity index (χ0) is 22.7. The molecule has 0 atom stereocenters. The second-order valence-electron chi connectivity index (χ2n) is 7.92. The van der Waals surface area contributed by atoms with Crippen LogP contribution >= 0.6 is 23.4 Å². The molecule has 0 saturated carbocycles. The number of benzene rings is 2. The first kappa shape index (κ1) is 22.8. The lowest BCUT2D eigenvalue weighted by molar-refractivity contribution is -0.130. The van der Waals surface area contributed by atoms with Gasteiger partial charge in [0.15, 0.2) is 5.16 Å². The molecule has 1 saturated heterocycles. The first-order valence-electron chi connectivity index (χ1n) is 10.5. The third kappa shape index (κ3) is 5.14. The number of halogens is 2. The topological polar surface area (TPSA) is 54.3 Å². The van der Waals surface area contributed by atoms with E-state index in [9.17, 15) is 9.18 Å². The summed E-state index contributed by atoms with van der Waals surface area (Å²) in [5, 5.41) is 9.36. The Labute approximate surface area is 196 Å². The van der Waals surface area contributed by atoms with Gasteiger partial charge in [-0.1, -0.05) is 47.1 Å². The van der Waals surface area contributed by atoms with Gasteiger partial charge in [0.05, 0.1) is 11.4 Å². The minimum absolute atomic E-state index is 0.0637. The predicted molar refractivity (Wildman–Crippen MR) is 125 cm³/mol. The molecule has 0 bridgehead atoms. The molecule has 2 heterocycles. The molecular formula is C23H25ClFN5OS. The van der Waals surface area contributed by atoms with E-state index >= 15 is 0 Å². The molecule has 1 aliphatic rings. The molecule has 4 rings (SSSR count). The van der Waals surface area contributed by atoms with Crippen LogP contribution in [0.2, 0.25) is 5.02 Å². The number of aromatic nitrogens is 3. The monoisotopic (exact) mass is 473 g/mol. The molecule has 168 valence electrons. The number of rotatable bonds is 6. The van der Waals surface area contributed by atoms with E-state index in [1.54, 1.807) is 18.5 Å². The van der Waals surface area contributed by atoms with E-state index in [1.807, 2.05) is 15.5 Å². The molecule has 2 aromatic carbocycles. The molecule has 32 heavy (non-hydrogen) atoms. The Balaban J connectivity index is 1.31. The molecule has 1 amide bonds. The Kier molecular flexibility index (Phi) is 7.13. The summed E-state index contributed by atoms with van der Waals surface area (Å²) in [7, 11) is 0. The van der Waals surface area contributed by atoms with Crippen molar-refractivity contribution in [2.24, 2.45) is 0 Å². The van der Waals surface area contributed by atoms with Crippen LogP contribution in [0.5, 0.6) is 0 Å². The van der Waals surface area contributed by atoms with E-state index in [-0.39, 0.29) is 11.7 Å². The van der Waals surface area contributed by atoms with Gasteiger partial charge in [0.2, 0.25) is 5.91 Å². The zero-order valence-electron chi connectivity index (χ0n) is 18.1. The highest BCUT2D eigenvalue weighted by atomic mass is 35.5. The van der Waals surface area contributed by atoms with Gasteiger partial charge in [-0.05, 0) is 37.6 Å². The van der Waals surface area contributed by atoms with E-state index in [1.165, 1.54) is 23.4 Å². The number of hydrogen-bond acceptors (Lipinski definition) is 5. The van der Waals surface area contributed by atoms with Crippen LogP contribution in [-0.2, 0) is 11.3 Å². The van der Waals surface area contributed by atoms with Gasteiger partial charge in [-0.3, -0.25) is 14.3 Å². The SMILES string of the molecule is Cc1ccc(-n2cnnc2SCC(=O)N2CCN(Cc3c(F)cccc3Cl)CC2)c(C)c1. The summed E-state index contributed by atoms with van der Waals surface area (Å²) in [4.78, 5) is 16.7. The minimum atomic E-state index is -0.291. The van der Waals surface area contributed by atoms with Crippen molar-refractivity contribution >= 4 is 29.3 Å². The Morgan fingerprint density at radius 2 is 1.94 bits per heavy atom. The number of carbonyl (C=O) groups excluding carboxylic acids is 1. The summed E-state index contributed by atoms with van der Waals surface area (Å²) >= 11 is 7.53. The van der Waals surface area contributed by atoms with Crippen LogP contribution in [0.3, 0.4) is 0 Å². The van der Waals surface area contributed by atoms with Crippen LogP contribution in [0.15, 0.2) is 47.9 Å². The molecule has 0 unspecified atom stereocenters. The van der Waals surface area contributed by atoms with E-state index in [0.29, 0.717) is 54.2 Å². The van der Waals surface area contributed by atoms with E-state index in [4.69, 9.17) is 11.6 Å². The van der Waals surface area contributed by atoms with Gasteiger partial charge in [0.1, 0.15) is 12.1 Å². The smallest absolute Gasteiger partial charge is 0.233 e. The van der Waals surface area contributed by atoms with Crippen molar-refractivity contribution in [1.29, 1.82) is 0 Å². The zero-order valence-corrected chi connectivity index (χ0v) is 19.7. The Hall–Kier alpha value is -2.42. The molecular weight excluding hydrogens is 449 g/mol. The van der Waals surface area contributed by atoms with Gasteiger partial charge in [0, 0.05) is 43.3 Å². The molecule has 1 aromatic heterocycles. The van der Waals surface area contributed by atoms with Gasteiger partial charge in [-0.15, -0.1) is 10.2 Å². The summed E-state index contributed by atoms with van der Waals surface area (Å²) in [6.45, 7) is 7.13. The molecule has 0 N–H and O–H groups in total. The number of carbonyl (C=O) groups is 1. The van der Waals surface area contributed by atoms with Crippen molar-refractivity contribution in [2.75, 3.05) is 31.9 Å².